The van der Waals surface area contributed by atoms with Crippen molar-refractivity contribution in [3.05, 3.63) is 35.3 Å². The Balaban J connectivity index is 1.52. The Morgan fingerprint density at radius 3 is 2.96 bits per heavy atom. The minimum absolute atomic E-state index is 0.124. The van der Waals surface area contributed by atoms with Gasteiger partial charge in [-0.1, -0.05) is 6.42 Å². The van der Waals surface area contributed by atoms with E-state index in [9.17, 15) is 4.79 Å². The molecule has 1 atom stereocenters. The third kappa shape index (κ3) is 3.96. The largest absolute Gasteiger partial charge is 0.350 e. The van der Waals surface area contributed by atoms with E-state index in [4.69, 9.17) is 0 Å². The number of nitrogens with zero attached hydrogens (tertiary/aromatic N) is 3. The highest BCUT2D eigenvalue weighted by molar-refractivity contribution is 5.75. The molecule has 1 N–H and O–H groups in total. The van der Waals surface area contributed by atoms with Crippen molar-refractivity contribution in [2.75, 3.05) is 13.6 Å². The number of likely N-dealkylation sites (tertiary alicyclic amines) is 1. The number of amides is 1. The molecular weight excluding hydrogens is 300 g/mol. The highest BCUT2D eigenvalue weighted by atomic mass is 16.1. The molecule has 130 valence electrons. The zero-order chi connectivity index (χ0) is 17.1. The van der Waals surface area contributed by atoms with E-state index in [1.165, 1.54) is 24.8 Å². The van der Waals surface area contributed by atoms with E-state index < -0.39 is 0 Å². The molecule has 1 amide bonds. The summed E-state index contributed by atoms with van der Waals surface area (Å²) in [5.74, 6) is 0.124. The van der Waals surface area contributed by atoms with E-state index in [1.54, 1.807) is 0 Å². The first kappa shape index (κ1) is 17.0. The zero-order valence-corrected chi connectivity index (χ0v) is 15.0. The van der Waals surface area contributed by atoms with Crippen LogP contribution in [-0.4, -0.2) is 39.8 Å². The Labute approximate surface area is 144 Å². The topological polar surface area (TPSA) is 49.6 Å². The molecule has 3 rings (SSSR count). The summed E-state index contributed by atoms with van der Waals surface area (Å²) >= 11 is 0. The maximum atomic E-state index is 12.1. The fraction of sp³-hybridized carbons (Fsp3) is 0.579. The van der Waals surface area contributed by atoms with E-state index >= 15 is 0 Å². The molecule has 0 aromatic carbocycles. The molecule has 1 aliphatic heterocycles. The number of hydrogen-bond acceptors (Lipinski definition) is 3. The predicted octanol–water partition coefficient (Wildman–Crippen LogP) is 2.83. The Bertz CT molecular complexity index is 721. The van der Waals surface area contributed by atoms with Crippen LogP contribution in [0.25, 0.3) is 5.65 Å². The van der Waals surface area contributed by atoms with Gasteiger partial charge in [-0.15, -0.1) is 0 Å². The quantitative estimate of drug-likeness (QED) is 0.918. The van der Waals surface area contributed by atoms with E-state index in [1.807, 2.05) is 6.20 Å². The lowest BCUT2D eigenvalue weighted by Gasteiger charge is -2.32. The molecule has 0 aliphatic carbocycles. The van der Waals surface area contributed by atoms with Crippen molar-refractivity contribution in [1.82, 2.24) is 19.6 Å². The monoisotopic (exact) mass is 328 g/mol. The van der Waals surface area contributed by atoms with Crippen LogP contribution in [0.1, 0.15) is 49.1 Å². The van der Waals surface area contributed by atoms with Gasteiger partial charge in [0.25, 0.3) is 0 Å². The number of pyridine rings is 1. The summed E-state index contributed by atoms with van der Waals surface area (Å²) in [5, 5.41) is 3.02. The highest BCUT2D eigenvalue weighted by Gasteiger charge is 2.19. The Morgan fingerprint density at radius 1 is 1.33 bits per heavy atom. The molecule has 2 aromatic heterocycles. The van der Waals surface area contributed by atoms with Gasteiger partial charge in [-0.3, -0.25) is 4.79 Å². The molecule has 5 heteroatoms. The van der Waals surface area contributed by atoms with Gasteiger partial charge >= 0.3 is 0 Å². The first-order chi connectivity index (χ1) is 11.5. The van der Waals surface area contributed by atoms with Crippen LogP contribution in [0.5, 0.6) is 0 Å². The molecule has 24 heavy (non-hydrogen) atoms. The van der Waals surface area contributed by atoms with Gasteiger partial charge in [0.1, 0.15) is 5.65 Å². The van der Waals surface area contributed by atoms with E-state index in [-0.39, 0.29) is 5.91 Å². The molecular formula is C19H28N4O. The van der Waals surface area contributed by atoms with Crippen LogP contribution < -0.4 is 5.32 Å². The Kier molecular flexibility index (Phi) is 5.19. The third-order valence-electron chi connectivity index (χ3n) is 5.05. The fourth-order valence-corrected chi connectivity index (χ4v) is 3.64. The number of carbonyl (C=O) groups is 1. The summed E-state index contributed by atoms with van der Waals surface area (Å²) in [6.07, 6.45) is 7.35. The predicted molar refractivity (Wildman–Crippen MR) is 96.0 cm³/mol. The lowest BCUT2D eigenvalue weighted by molar-refractivity contribution is -0.121. The number of aryl methyl sites for hydroxylation is 2. The fourth-order valence-electron chi connectivity index (χ4n) is 3.64. The van der Waals surface area contributed by atoms with Crippen LogP contribution >= 0.6 is 0 Å². The van der Waals surface area contributed by atoms with Crippen LogP contribution in [0.4, 0.5) is 0 Å². The van der Waals surface area contributed by atoms with E-state index in [2.05, 4.69) is 52.6 Å². The van der Waals surface area contributed by atoms with Gasteiger partial charge in [-0.25, -0.2) is 4.98 Å². The van der Waals surface area contributed by atoms with Crippen molar-refractivity contribution in [2.24, 2.45) is 0 Å². The number of hydrogen-bond donors (Lipinski definition) is 1. The molecule has 0 spiro atoms. The van der Waals surface area contributed by atoms with Crippen molar-refractivity contribution in [2.45, 2.75) is 58.5 Å². The molecule has 5 nitrogen and oxygen atoms in total. The third-order valence-corrected chi connectivity index (χ3v) is 5.05. The van der Waals surface area contributed by atoms with E-state index in [0.29, 0.717) is 19.0 Å². The average Bonchev–Trinajstić information content (AvgIpc) is 2.95. The number of carbonyl (C=O) groups excluding carboxylic acids is 1. The van der Waals surface area contributed by atoms with Gasteiger partial charge in [0.2, 0.25) is 5.91 Å². The number of imidazole rings is 1. The van der Waals surface area contributed by atoms with Crippen LogP contribution in [0, 0.1) is 13.8 Å². The lowest BCUT2D eigenvalue weighted by atomic mass is 9.98. The highest BCUT2D eigenvalue weighted by Crippen LogP contribution is 2.19. The molecule has 0 unspecified atom stereocenters. The summed E-state index contributed by atoms with van der Waals surface area (Å²) in [7, 11) is 2.17. The molecule has 1 aliphatic rings. The molecule has 1 saturated heterocycles. The average molecular weight is 328 g/mol. The maximum Gasteiger partial charge on any atom is 0.220 e. The van der Waals surface area contributed by atoms with Gasteiger partial charge in [0, 0.05) is 24.4 Å². The molecule has 1 fully saturated rings. The first-order valence-electron chi connectivity index (χ1n) is 8.95. The number of fused-ring (bicyclic) bond motifs is 1. The van der Waals surface area contributed by atoms with Crippen molar-refractivity contribution in [3.8, 4) is 0 Å². The Morgan fingerprint density at radius 2 is 2.17 bits per heavy atom. The minimum atomic E-state index is 0.124. The summed E-state index contributed by atoms with van der Waals surface area (Å²) in [5.41, 5.74) is 4.22. The first-order valence-corrected chi connectivity index (χ1v) is 8.95. The van der Waals surface area contributed by atoms with Gasteiger partial charge < -0.3 is 14.6 Å². The van der Waals surface area contributed by atoms with Crippen molar-refractivity contribution >= 4 is 11.6 Å². The van der Waals surface area contributed by atoms with Crippen LogP contribution in [-0.2, 0) is 11.3 Å². The molecule has 2 aromatic rings. The van der Waals surface area contributed by atoms with Crippen LogP contribution in [0.3, 0.4) is 0 Å². The van der Waals surface area contributed by atoms with E-state index in [0.717, 1.165) is 30.0 Å². The van der Waals surface area contributed by atoms with Gasteiger partial charge in [0.05, 0.1) is 12.2 Å². The zero-order valence-electron chi connectivity index (χ0n) is 15.0. The SMILES string of the molecule is Cc1cc(C)n2cc(CNC(=O)CC[C@@H]3CCCCN3C)nc2c1. The molecule has 0 saturated carbocycles. The second-order valence-corrected chi connectivity index (χ2v) is 7.08. The van der Waals surface area contributed by atoms with Crippen molar-refractivity contribution < 1.29 is 4.79 Å². The molecule has 3 heterocycles. The standard InChI is InChI=1S/C19H28N4O/c1-14-10-15(2)23-13-16(21-18(23)11-14)12-20-19(24)8-7-17-6-4-5-9-22(17)3/h10-11,13,17H,4-9,12H2,1-3H3,(H,20,24)/t17-/m0/s1. The van der Waals surface area contributed by atoms with Gasteiger partial charge in [-0.05, 0) is 64.4 Å². The molecule has 0 radical (unpaired) electrons. The smallest absolute Gasteiger partial charge is 0.220 e. The number of rotatable bonds is 5. The van der Waals surface area contributed by atoms with Crippen LogP contribution in [0.2, 0.25) is 0 Å². The molecule has 0 bridgehead atoms. The Hall–Kier alpha value is -1.88. The summed E-state index contributed by atoms with van der Waals surface area (Å²) in [4.78, 5) is 19.1. The number of piperidine rings is 1. The minimum Gasteiger partial charge on any atom is -0.350 e. The second-order valence-electron chi connectivity index (χ2n) is 7.08. The summed E-state index contributed by atoms with van der Waals surface area (Å²) in [6.45, 7) is 5.81. The van der Waals surface area contributed by atoms with Crippen molar-refractivity contribution in [1.29, 1.82) is 0 Å². The second kappa shape index (κ2) is 7.34. The van der Waals surface area contributed by atoms with Gasteiger partial charge in [0.15, 0.2) is 0 Å². The lowest BCUT2D eigenvalue weighted by Crippen LogP contribution is -2.37. The van der Waals surface area contributed by atoms with Gasteiger partial charge in [-0.2, -0.15) is 0 Å². The van der Waals surface area contributed by atoms with Crippen LogP contribution in [0.15, 0.2) is 18.3 Å². The number of nitrogens with one attached hydrogen (secondary N) is 1. The number of aromatic nitrogens is 2. The summed E-state index contributed by atoms with van der Waals surface area (Å²) < 4.78 is 2.07. The normalized spacial score (nSPS) is 18.9. The maximum absolute atomic E-state index is 12.1. The van der Waals surface area contributed by atoms with Crippen molar-refractivity contribution in [3.63, 3.8) is 0 Å². The summed E-state index contributed by atoms with van der Waals surface area (Å²) in [6, 6.07) is 4.76.